The number of hydrogen-bond donors (Lipinski definition) is 1. The molecule has 2 unspecified atom stereocenters. The zero-order valence-corrected chi connectivity index (χ0v) is 9.34. The number of hydrogen-bond acceptors (Lipinski definition) is 2. The third-order valence-corrected chi connectivity index (χ3v) is 1.91. The molecule has 0 spiro atoms. The van der Waals surface area contributed by atoms with Crippen molar-refractivity contribution in [3.63, 3.8) is 0 Å². The van der Waals surface area contributed by atoms with Crippen molar-refractivity contribution >= 4 is 0 Å². The van der Waals surface area contributed by atoms with Gasteiger partial charge in [0.15, 0.2) is 0 Å². The molecule has 0 aromatic carbocycles. The van der Waals surface area contributed by atoms with Gasteiger partial charge in [0.1, 0.15) is 0 Å². The van der Waals surface area contributed by atoms with E-state index in [9.17, 15) is 0 Å². The highest BCUT2D eigenvalue weighted by Gasteiger charge is 2.14. The maximum absolute atomic E-state index is 5.99. The fraction of sp³-hybridized carbons (Fsp3) is 0.818. The van der Waals surface area contributed by atoms with Gasteiger partial charge in [-0.1, -0.05) is 25.0 Å². The lowest BCUT2D eigenvalue weighted by atomic mass is 10.0. The van der Waals surface area contributed by atoms with Crippen LogP contribution in [0.4, 0.5) is 0 Å². The number of rotatable bonds is 6. The van der Waals surface area contributed by atoms with Gasteiger partial charge in [-0.05, 0) is 27.2 Å². The van der Waals surface area contributed by atoms with Crippen LogP contribution in [0.2, 0.25) is 0 Å². The summed E-state index contributed by atoms with van der Waals surface area (Å²) in [6.07, 6.45) is 4.42. The van der Waals surface area contributed by atoms with Crippen molar-refractivity contribution in [1.29, 1.82) is 0 Å². The normalized spacial score (nSPS) is 15.2. The van der Waals surface area contributed by atoms with Crippen LogP contribution in [-0.2, 0) is 4.74 Å². The molecule has 2 nitrogen and oxygen atoms in total. The first-order valence-electron chi connectivity index (χ1n) is 5.14. The third-order valence-electron chi connectivity index (χ3n) is 1.91. The molecule has 2 heteroatoms. The van der Waals surface area contributed by atoms with Crippen LogP contribution in [0, 0.1) is 0 Å². The Hall–Kier alpha value is -0.340. The lowest BCUT2D eigenvalue weighted by Gasteiger charge is -2.21. The molecule has 0 bridgehead atoms. The van der Waals surface area contributed by atoms with E-state index in [-0.39, 0.29) is 12.1 Å². The fourth-order valence-corrected chi connectivity index (χ4v) is 1.38. The van der Waals surface area contributed by atoms with Crippen molar-refractivity contribution in [3.05, 3.63) is 11.6 Å². The second-order valence-corrected chi connectivity index (χ2v) is 3.60. The van der Waals surface area contributed by atoms with Crippen LogP contribution in [0.5, 0.6) is 0 Å². The molecule has 13 heavy (non-hydrogen) atoms. The van der Waals surface area contributed by atoms with Crippen molar-refractivity contribution < 1.29 is 4.74 Å². The van der Waals surface area contributed by atoms with E-state index < -0.39 is 0 Å². The van der Waals surface area contributed by atoms with Crippen LogP contribution < -0.4 is 5.73 Å². The molecule has 0 aliphatic rings. The standard InChI is InChI=1S/C11H23NO/c1-5-7-11(13-6-2)10(12)8-9(3)4/h8,10-11H,5-7,12H2,1-4H3. The van der Waals surface area contributed by atoms with Gasteiger partial charge >= 0.3 is 0 Å². The summed E-state index contributed by atoms with van der Waals surface area (Å²) in [5, 5.41) is 0. The van der Waals surface area contributed by atoms with E-state index in [0.717, 1.165) is 19.4 Å². The van der Waals surface area contributed by atoms with E-state index in [1.165, 1.54) is 5.57 Å². The summed E-state index contributed by atoms with van der Waals surface area (Å²) >= 11 is 0. The van der Waals surface area contributed by atoms with Gasteiger partial charge in [-0.2, -0.15) is 0 Å². The Labute approximate surface area is 82.2 Å². The smallest absolute Gasteiger partial charge is 0.0761 e. The van der Waals surface area contributed by atoms with Crippen molar-refractivity contribution in [3.8, 4) is 0 Å². The average Bonchev–Trinajstić information content (AvgIpc) is 2.02. The first kappa shape index (κ1) is 12.7. The summed E-state index contributed by atoms with van der Waals surface area (Å²) in [5.41, 5.74) is 7.25. The van der Waals surface area contributed by atoms with Gasteiger partial charge in [-0.15, -0.1) is 0 Å². The molecule has 0 amide bonds. The molecule has 0 aromatic heterocycles. The van der Waals surface area contributed by atoms with Crippen LogP contribution in [0.25, 0.3) is 0 Å². The Morgan fingerprint density at radius 3 is 2.38 bits per heavy atom. The van der Waals surface area contributed by atoms with Crippen molar-refractivity contribution in [2.75, 3.05) is 6.61 Å². The van der Waals surface area contributed by atoms with Gasteiger partial charge in [0, 0.05) is 12.6 Å². The molecule has 0 rings (SSSR count). The van der Waals surface area contributed by atoms with E-state index in [2.05, 4.69) is 26.8 Å². The van der Waals surface area contributed by atoms with Crippen LogP contribution >= 0.6 is 0 Å². The third kappa shape index (κ3) is 5.83. The van der Waals surface area contributed by atoms with Crippen LogP contribution in [0.15, 0.2) is 11.6 Å². The molecular weight excluding hydrogens is 162 g/mol. The summed E-state index contributed by atoms with van der Waals surface area (Å²) in [7, 11) is 0. The summed E-state index contributed by atoms with van der Waals surface area (Å²) in [6.45, 7) is 9.04. The molecule has 0 fully saturated rings. The predicted octanol–water partition coefficient (Wildman–Crippen LogP) is 2.49. The molecule has 0 saturated heterocycles. The van der Waals surface area contributed by atoms with Gasteiger partial charge in [0.2, 0.25) is 0 Å². The Balaban J connectivity index is 4.09. The minimum atomic E-state index is 0.0462. The quantitative estimate of drug-likeness (QED) is 0.645. The first-order valence-corrected chi connectivity index (χ1v) is 5.14. The second kappa shape index (κ2) is 7.10. The summed E-state index contributed by atoms with van der Waals surface area (Å²) < 4.78 is 5.58. The summed E-state index contributed by atoms with van der Waals surface area (Å²) in [5.74, 6) is 0. The molecule has 2 atom stereocenters. The highest BCUT2D eigenvalue weighted by Crippen LogP contribution is 2.08. The van der Waals surface area contributed by atoms with E-state index in [0.29, 0.717) is 0 Å². The highest BCUT2D eigenvalue weighted by molar-refractivity contribution is 5.02. The van der Waals surface area contributed by atoms with Crippen molar-refractivity contribution in [1.82, 2.24) is 0 Å². The van der Waals surface area contributed by atoms with Gasteiger partial charge in [0.05, 0.1) is 6.10 Å². The lowest BCUT2D eigenvalue weighted by molar-refractivity contribution is 0.0476. The van der Waals surface area contributed by atoms with E-state index in [1.807, 2.05) is 6.92 Å². The fourth-order valence-electron chi connectivity index (χ4n) is 1.38. The predicted molar refractivity (Wildman–Crippen MR) is 57.7 cm³/mol. The maximum atomic E-state index is 5.99. The van der Waals surface area contributed by atoms with Crippen LogP contribution in [-0.4, -0.2) is 18.8 Å². The zero-order valence-electron chi connectivity index (χ0n) is 9.34. The molecule has 0 saturated carbocycles. The highest BCUT2D eigenvalue weighted by atomic mass is 16.5. The Bertz CT molecular complexity index is 144. The summed E-state index contributed by atoms with van der Waals surface area (Å²) in [4.78, 5) is 0. The first-order chi connectivity index (χ1) is 6.11. The van der Waals surface area contributed by atoms with Gasteiger partial charge in [0.25, 0.3) is 0 Å². The largest absolute Gasteiger partial charge is 0.377 e. The van der Waals surface area contributed by atoms with E-state index in [4.69, 9.17) is 10.5 Å². The van der Waals surface area contributed by atoms with Crippen LogP contribution in [0.1, 0.15) is 40.5 Å². The van der Waals surface area contributed by atoms with Gasteiger partial charge < -0.3 is 10.5 Å². The monoisotopic (exact) mass is 185 g/mol. The minimum Gasteiger partial charge on any atom is -0.377 e. The zero-order chi connectivity index (χ0) is 10.3. The molecule has 2 N–H and O–H groups in total. The van der Waals surface area contributed by atoms with Gasteiger partial charge in [-0.25, -0.2) is 0 Å². The second-order valence-electron chi connectivity index (χ2n) is 3.60. The minimum absolute atomic E-state index is 0.0462. The van der Waals surface area contributed by atoms with Crippen molar-refractivity contribution in [2.45, 2.75) is 52.7 Å². The number of allylic oxidation sites excluding steroid dienone is 1. The van der Waals surface area contributed by atoms with Crippen LogP contribution in [0.3, 0.4) is 0 Å². The molecule has 0 aromatic rings. The maximum Gasteiger partial charge on any atom is 0.0761 e. The molecule has 0 radical (unpaired) electrons. The average molecular weight is 185 g/mol. The topological polar surface area (TPSA) is 35.2 Å². The van der Waals surface area contributed by atoms with Gasteiger partial charge in [-0.3, -0.25) is 0 Å². The molecular formula is C11H23NO. The van der Waals surface area contributed by atoms with Crippen molar-refractivity contribution in [2.24, 2.45) is 5.73 Å². The molecule has 0 aliphatic carbocycles. The SMILES string of the molecule is CCCC(OCC)C(N)C=C(C)C. The number of ether oxygens (including phenoxy) is 1. The van der Waals surface area contributed by atoms with E-state index >= 15 is 0 Å². The Kier molecular flexibility index (Phi) is 6.92. The Morgan fingerprint density at radius 2 is 2.00 bits per heavy atom. The van der Waals surface area contributed by atoms with E-state index in [1.54, 1.807) is 0 Å². The number of nitrogens with two attached hydrogens (primary N) is 1. The molecule has 78 valence electrons. The molecule has 0 heterocycles. The molecule has 0 aliphatic heterocycles. The lowest BCUT2D eigenvalue weighted by Crippen LogP contribution is -2.35. The summed E-state index contributed by atoms with van der Waals surface area (Å²) in [6, 6.07) is 0.0462. The Morgan fingerprint density at radius 1 is 1.38 bits per heavy atom.